The molecule has 464 valence electrons. The molecule has 0 aromatic heterocycles. The molecule has 8 aliphatic rings. The summed E-state index contributed by atoms with van der Waals surface area (Å²) in [7, 11) is 0. The molecule has 0 amide bonds. The second-order valence-corrected chi connectivity index (χ2v) is 27.8. The number of allylic oxidation sites excluding steroid dienone is 6. The molecule has 13 aromatic carbocycles. The molecule has 0 N–H and O–H groups in total. The van der Waals surface area contributed by atoms with E-state index in [0.717, 1.165) is 33.4 Å². The van der Waals surface area contributed by atoms with Gasteiger partial charge in [-0.3, -0.25) is 0 Å². The number of benzene rings is 11. The van der Waals surface area contributed by atoms with Crippen LogP contribution < -0.4 is 0 Å². The Bertz CT molecular complexity index is 5910. The topological polar surface area (TPSA) is 132 Å². The molecule has 7 atom stereocenters. The summed E-state index contributed by atoms with van der Waals surface area (Å²) >= 11 is 0. The van der Waals surface area contributed by atoms with E-state index in [9.17, 15) is 24.0 Å². The lowest BCUT2D eigenvalue weighted by atomic mass is 9.43. The molecule has 96 heavy (non-hydrogen) atoms. The molecule has 0 saturated carbocycles. The molecule has 10 nitrogen and oxygen atoms in total. The van der Waals surface area contributed by atoms with Crippen molar-refractivity contribution in [1.29, 1.82) is 0 Å². The first-order valence-corrected chi connectivity index (χ1v) is 34.0. The van der Waals surface area contributed by atoms with E-state index in [1.54, 1.807) is 0 Å². The van der Waals surface area contributed by atoms with Gasteiger partial charge in [0.05, 0.1) is 77.1 Å². The van der Waals surface area contributed by atoms with Crippen LogP contribution in [0.4, 0.5) is 0 Å². The molecule has 13 aromatic rings. The van der Waals surface area contributed by atoms with E-state index in [1.165, 1.54) is 131 Å². The van der Waals surface area contributed by atoms with E-state index in [1.807, 2.05) is 95.3 Å². The van der Waals surface area contributed by atoms with Crippen molar-refractivity contribution in [2.45, 2.75) is 82.0 Å². The molecule has 0 bridgehead atoms. The normalized spacial score (nSPS) is 23.7. The first-order chi connectivity index (χ1) is 46.9. The third-order valence-corrected chi connectivity index (χ3v) is 24.5. The van der Waals surface area contributed by atoms with Gasteiger partial charge in [-0.15, -0.1) is 0 Å². The molecule has 0 spiro atoms. The zero-order chi connectivity index (χ0) is 64.7. The maximum absolute atomic E-state index is 14.1. The Morgan fingerprint density at radius 2 is 0.781 bits per heavy atom. The van der Waals surface area contributed by atoms with Crippen molar-refractivity contribution in [3.8, 4) is 0 Å². The molecule has 6 unspecified atom stereocenters. The molecule has 0 aliphatic heterocycles. The van der Waals surface area contributed by atoms with Crippen LogP contribution in [-0.2, 0) is 39.9 Å². The van der Waals surface area contributed by atoms with Crippen molar-refractivity contribution in [2.24, 2.45) is 5.41 Å². The maximum Gasteiger partial charge on any atom is 0.338 e. The molecule has 21 rings (SSSR count). The molecular formula is C86H60O10. The van der Waals surface area contributed by atoms with Crippen molar-refractivity contribution in [2.75, 3.05) is 33.0 Å². The standard InChI is InChI=1S/C86H60O10/c1-7-92-78(87)42-16-12-40(13-17-42)56-38-58-54-36-34-52-50-32-33-51-53-35-37-55-59-39-57(41-14-18-43(19-15-41)79(88)93-8-2)83(6)70(56)75-76-77(83)85(59,48-28-22-45(23-29-48)81(90)95-10-4)72-65(55)63(53)67-61(51)60(50)66-62(52)64(54)71(84(58,75)47-26-20-44(21-27-47)80(89)94-9-3)73-68(66)69(67)74(72)86(73,76)49-30-24-46(25-31-49)82(91)96-11-5/h12-37,39,56-58H,7-11,38H2,1-6H3/t56?,57?,58?,83?,84?,85?,86-/m0/s1. The van der Waals surface area contributed by atoms with Crippen molar-refractivity contribution >= 4 is 111 Å². The highest BCUT2D eigenvalue weighted by molar-refractivity contribution is 6.55. The van der Waals surface area contributed by atoms with Crippen LogP contribution in [0.1, 0.15) is 179 Å². The van der Waals surface area contributed by atoms with Gasteiger partial charge in [0, 0.05) is 23.2 Å². The number of esters is 5. The quantitative estimate of drug-likeness (QED) is 0.0555. The largest absolute Gasteiger partial charge is 0.462 e. The molecule has 0 saturated heterocycles. The fourth-order valence-corrected chi connectivity index (χ4v) is 21.8. The van der Waals surface area contributed by atoms with Crippen LogP contribution in [0, 0.1) is 5.41 Å². The monoisotopic (exact) mass is 1250 g/mol. The molecule has 0 fully saturated rings. The van der Waals surface area contributed by atoms with Gasteiger partial charge in [-0.1, -0.05) is 110 Å². The fourth-order valence-electron chi connectivity index (χ4n) is 21.8. The first-order valence-electron chi connectivity index (χ1n) is 34.0. The van der Waals surface area contributed by atoms with E-state index in [0.29, 0.717) is 34.2 Å². The molecule has 8 aliphatic carbocycles. The van der Waals surface area contributed by atoms with Gasteiger partial charge >= 0.3 is 29.8 Å². The van der Waals surface area contributed by atoms with Crippen molar-refractivity contribution in [1.82, 2.24) is 0 Å². The van der Waals surface area contributed by atoms with Gasteiger partial charge in [-0.05, 0) is 266 Å². The molecular weight excluding hydrogens is 1190 g/mol. The minimum absolute atomic E-state index is 0.186. The van der Waals surface area contributed by atoms with Crippen molar-refractivity contribution in [3.05, 3.63) is 275 Å². The van der Waals surface area contributed by atoms with Crippen LogP contribution in [0.15, 0.2) is 186 Å². The van der Waals surface area contributed by atoms with Crippen LogP contribution in [0.25, 0.3) is 81.0 Å². The van der Waals surface area contributed by atoms with Crippen molar-refractivity contribution < 1.29 is 47.7 Å². The Hall–Kier alpha value is -10.7. The van der Waals surface area contributed by atoms with Gasteiger partial charge in [-0.2, -0.15) is 0 Å². The lowest BCUT2D eigenvalue weighted by Crippen LogP contribution is -2.52. The summed E-state index contributed by atoms with van der Waals surface area (Å²) in [5, 5.41) is 17.8. The van der Waals surface area contributed by atoms with Gasteiger partial charge in [0.2, 0.25) is 0 Å². The van der Waals surface area contributed by atoms with E-state index in [-0.39, 0.29) is 74.7 Å². The molecule has 0 heterocycles. The summed E-state index contributed by atoms with van der Waals surface area (Å²) in [5.74, 6) is -2.78. The minimum atomic E-state index is -1.04. The Labute approximate surface area is 551 Å². The Morgan fingerprint density at radius 3 is 1.27 bits per heavy atom. The fraction of sp³-hybridized carbons (Fsp3) is 0.221. The first kappa shape index (κ1) is 54.7. The summed E-state index contributed by atoms with van der Waals surface area (Å²) in [5.41, 5.74) is 17.4. The van der Waals surface area contributed by atoms with Crippen molar-refractivity contribution in [3.63, 3.8) is 0 Å². The number of rotatable bonds is 15. The minimum Gasteiger partial charge on any atom is -0.462 e. The Morgan fingerprint density at radius 1 is 0.385 bits per heavy atom. The number of fused-ring (bicyclic) bond motifs is 5. The third-order valence-electron chi connectivity index (χ3n) is 24.5. The second-order valence-electron chi connectivity index (χ2n) is 27.8. The SMILES string of the molecule is CCOC(=O)c1ccc(C2CC3c4ccc5c6ccc7c8ccc9c%10c%11c%12c%13c%14c%15c(c4c5c%14c6c7c%13c%108)C3(c3ccc(C(=O)OCC)cc3)C3=C2C2(C)C(=C3[C@]%12%15c3ccc(C(=O)OCC)cc3)C%11(c3ccc(C(=O)OCC)cc3)C9=CC2c2ccc(C(=O)OCC)cc2)cc1. The zero-order valence-electron chi connectivity index (χ0n) is 53.6. The van der Waals surface area contributed by atoms with Gasteiger partial charge in [0.1, 0.15) is 0 Å². The zero-order valence-corrected chi connectivity index (χ0v) is 53.6. The van der Waals surface area contributed by atoms with Crippen LogP contribution in [0.5, 0.6) is 0 Å². The number of ether oxygens (including phenoxy) is 5. The summed E-state index contributed by atoms with van der Waals surface area (Å²) in [6.45, 7) is 12.9. The highest BCUT2D eigenvalue weighted by atomic mass is 16.5. The summed E-state index contributed by atoms with van der Waals surface area (Å²) in [6, 6.07) is 56.1. The molecule has 10 heteroatoms. The average Bonchev–Trinajstić information content (AvgIpc) is 1.40. The van der Waals surface area contributed by atoms with E-state index < -0.39 is 27.6 Å². The van der Waals surface area contributed by atoms with E-state index >= 15 is 0 Å². The summed E-state index contributed by atoms with van der Waals surface area (Å²) < 4.78 is 28.6. The number of carbonyl (C=O) groups is 5. The smallest absolute Gasteiger partial charge is 0.338 e. The van der Waals surface area contributed by atoms with E-state index in [2.05, 4.69) is 110 Å². The highest BCUT2D eigenvalue weighted by Gasteiger charge is 2.78. The van der Waals surface area contributed by atoms with Gasteiger partial charge in [0.25, 0.3) is 0 Å². The van der Waals surface area contributed by atoms with E-state index in [4.69, 9.17) is 23.7 Å². The lowest BCUT2D eigenvalue weighted by molar-refractivity contribution is 0.0516. The Balaban J connectivity index is 1.04. The summed E-state index contributed by atoms with van der Waals surface area (Å²) in [4.78, 5) is 69.9. The van der Waals surface area contributed by atoms with Crippen LogP contribution in [0.2, 0.25) is 0 Å². The predicted octanol–water partition coefficient (Wildman–Crippen LogP) is 17.7. The van der Waals surface area contributed by atoms with Crippen LogP contribution in [-0.4, -0.2) is 62.9 Å². The number of carbonyl (C=O) groups excluding carboxylic acids is 5. The van der Waals surface area contributed by atoms with Crippen LogP contribution in [0.3, 0.4) is 0 Å². The molecule has 0 radical (unpaired) electrons. The second kappa shape index (κ2) is 18.0. The van der Waals surface area contributed by atoms with Gasteiger partial charge in [0.15, 0.2) is 0 Å². The summed E-state index contributed by atoms with van der Waals surface area (Å²) in [6.07, 6.45) is 3.28. The van der Waals surface area contributed by atoms with Gasteiger partial charge < -0.3 is 23.7 Å². The lowest BCUT2D eigenvalue weighted by Gasteiger charge is -2.58. The predicted molar refractivity (Wildman–Crippen MR) is 370 cm³/mol. The highest BCUT2D eigenvalue weighted by Crippen LogP contribution is 2.88. The number of hydrogen-bond acceptors (Lipinski definition) is 10. The van der Waals surface area contributed by atoms with Crippen LogP contribution >= 0.6 is 0 Å². The Kier molecular flexibility index (Phi) is 10.2. The average molecular weight is 1250 g/mol. The number of hydrogen-bond donors (Lipinski definition) is 0. The maximum atomic E-state index is 14.1. The van der Waals surface area contributed by atoms with Gasteiger partial charge in [-0.25, -0.2) is 24.0 Å². The third kappa shape index (κ3) is 5.67.